The van der Waals surface area contributed by atoms with E-state index in [2.05, 4.69) is 10.3 Å². The fraction of sp³-hybridized carbons (Fsp3) is 0.0870. The Morgan fingerprint density at radius 2 is 1.71 bits per heavy atom. The van der Waals surface area contributed by atoms with Crippen molar-refractivity contribution < 1.29 is 9.59 Å². The van der Waals surface area contributed by atoms with Crippen LogP contribution in [-0.4, -0.2) is 21.4 Å². The van der Waals surface area contributed by atoms with Gasteiger partial charge in [0.25, 0.3) is 0 Å². The van der Waals surface area contributed by atoms with Crippen molar-refractivity contribution in [2.24, 2.45) is 5.73 Å². The second-order valence-corrected chi connectivity index (χ2v) is 7.75. The summed E-state index contributed by atoms with van der Waals surface area (Å²) in [7, 11) is 0. The lowest BCUT2D eigenvalue weighted by Gasteiger charge is -2.13. The molecule has 1 aromatic heterocycles. The highest BCUT2D eigenvalue weighted by molar-refractivity contribution is 6.43. The van der Waals surface area contributed by atoms with Gasteiger partial charge in [0, 0.05) is 11.3 Å². The molecular formula is C23H18Cl2N4O2. The lowest BCUT2D eigenvalue weighted by Crippen LogP contribution is -2.21. The molecule has 0 saturated carbocycles. The predicted molar refractivity (Wildman–Crippen MR) is 123 cm³/mol. The Kier molecular flexibility index (Phi) is 5.93. The summed E-state index contributed by atoms with van der Waals surface area (Å²) in [6.07, 6.45) is 0.0355. The van der Waals surface area contributed by atoms with Gasteiger partial charge >= 0.3 is 0 Å². The summed E-state index contributed by atoms with van der Waals surface area (Å²) in [6, 6.07) is 19.9. The Balaban J connectivity index is 1.71. The first-order chi connectivity index (χ1) is 14.9. The third kappa shape index (κ3) is 4.40. The van der Waals surface area contributed by atoms with E-state index in [1.165, 1.54) is 0 Å². The van der Waals surface area contributed by atoms with Crippen LogP contribution in [0.15, 0.2) is 66.7 Å². The number of halogens is 2. The molecule has 0 saturated heterocycles. The molecular weight excluding hydrogens is 435 g/mol. The highest BCUT2D eigenvalue weighted by Gasteiger charge is 2.19. The van der Waals surface area contributed by atoms with Crippen molar-refractivity contribution in [2.45, 2.75) is 13.0 Å². The maximum Gasteiger partial charge on any atom is 0.244 e. The monoisotopic (exact) mass is 452 g/mol. The van der Waals surface area contributed by atoms with Gasteiger partial charge in [0.1, 0.15) is 12.4 Å². The molecule has 4 rings (SSSR count). The summed E-state index contributed by atoms with van der Waals surface area (Å²) >= 11 is 12.6. The zero-order valence-electron chi connectivity index (χ0n) is 16.3. The van der Waals surface area contributed by atoms with Crippen molar-refractivity contribution in [3.8, 4) is 11.4 Å². The van der Waals surface area contributed by atoms with Crippen LogP contribution in [0.3, 0.4) is 0 Å². The van der Waals surface area contributed by atoms with Gasteiger partial charge in [-0.15, -0.1) is 0 Å². The number of nitrogens with two attached hydrogens (primary N) is 1. The number of amides is 2. The summed E-state index contributed by atoms with van der Waals surface area (Å²) in [5.41, 5.74) is 8.66. The van der Waals surface area contributed by atoms with E-state index in [9.17, 15) is 9.59 Å². The minimum Gasteiger partial charge on any atom is -0.369 e. The molecule has 3 N–H and O–H groups in total. The highest BCUT2D eigenvalue weighted by atomic mass is 35.5. The van der Waals surface area contributed by atoms with Crippen LogP contribution in [0.2, 0.25) is 10.0 Å². The molecule has 0 atom stereocenters. The van der Waals surface area contributed by atoms with Crippen LogP contribution in [-0.2, 0) is 22.6 Å². The van der Waals surface area contributed by atoms with Gasteiger partial charge in [-0.2, -0.15) is 0 Å². The first-order valence-corrected chi connectivity index (χ1v) is 10.3. The minimum absolute atomic E-state index is 0.0103. The number of primary amides is 1. The van der Waals surface area contributed by atoms with E-state index in [0.717, 1.165) is 11.0 Å². The molecule has 8 heteroatoms. The Hall–Kier alpha value is -3.35. The van der Waals surface area contributed by atoms with Crippen LogP contribution < -0.4 is 11.1 Å². The molecule has 0 fully saturated rings. The average Bonchev–Trinajstić information content (AvgIpc) is 3.09. The molecule has 1 heterocycles. The molecule has 4 aromatic rings. The number of carbonyl (C=O) groups excluding carboxylic acids is 2. The van der Waals surface area contributed by atoms with Crippen LogP contribution in [0.1, 0.15) is 5.56 Å². The Morgan fingerprint density at radius 3 is 2.52 bits per heavy atom. The number of benzene rings is 3. The van der Waals surface area contributed by atoms with E-state index in [1.807, 2.05) is 30.3 Å². The minimum atomic E-state index is -0.472. The van der Waals surface area contributed by atoms with Gasteiger partial charge in [-0.05, 0) is 35.9 Å². The number of carbonyl (C=O) groups is 2. The fourth-order valence-corrected chi connectivity index (χ4v) is 3.82. The Morgan fingerprint density at radius 1 is 0.968 bits per heavy atom. The average molecular weight is 453 g/mol. The maximum atomic E-state index is 13.0. The van der Waals surface area contributed by atoms with Gasteiger partial charge in [-0.25, -0.2) is 4.98 Å². The predicted octanol–water partition coefficient (Wildman–Crippen LogP) is 4.68. The molecule has 0 aliphatic carbocycles. The second kappa shape index (κ2) is 8.79. The van der Waals surface area contributed by atoms with Crippen molar-refractivity contribution in [3.05, 3.63) is 82.3 Å². The smallest absolute Gasteiger partial charge is 0.244 e. The molecule has 0 unspecified atom stereocenters. The van der Waals surface area contributed by atoms with Gasteiger partial charge in [0.15, 0.2) is 0 Å². The standard InChI is InChI=1S/C23H18Cl2N4O2/c24-16-8-5-7-15(22(16)25)23-28-18-10-3-4-11-19(18)29(23)13-21(31)27-17-9-2-1-6-14(17)12-20(26)30/h1-11H,12-13H2,(H2,26,30)(H,27,31). The summed E-state index contributed by atoms with van der Waals surface area (Å²) < 4.78 is 1.79. The quantitative estimate of drug-likeness (QED) is 0.444. The molecule has 0 aliphatic heterocycles. The number of rotatable bonds is 6. The maximum absolute atomic E-state index is 13.0. The molecule has 0 radical (unpaired) electrons. The topological polar surface area (TPSA) is 90.0 Å². The number of hydrogen-bond acceptors (Lipinski definition) is 3. The molecule has 0 aliphatic rings. The zero-order valence-corrected chi connectivity index (χ0v) is 17.8. The molecule has 3 aromatic carbocycles. The number of anilines is 1. The molecule has 6 nitrogen and oxygen atoms in total. The van der Waals surface area contributed by atoms with Gasteiger partial charge in [0.2, 0.25) is 11.8 Å². The van der Waals surface area contributed by atoms with E-state index < -0.39 is 5.91 Å². The van der Waals surface area contributed by atoms with Crippen LogP contribution in [0.25, 0.3) is 22.4 Å². The lowest BCUT2D eigenvalue weighted by molar-refractivity contribution is -0.118. The number of hydrogen-bond donors (Lipinski definition) is 2. The highest BCUT2D eigenvalue weighted by Crippen LogP contribution is 2.34. The SMILES string of the molecule is NC(=O)Cc1ccccc1NC(=O)Cn1c(-c2cccc(Cl)c2Cl)nc2ccccc21. The van der Waals surface area contributed by atoms with Gasteiger partial charge in [-0.3, -0.25) is 9.59 Å². The van der Waals surface area contributed by atoms with E-state index in [1.54, 1.807) is 41.0 Å². The van der Waals surface area contributed by atoms with Crippen LogP contribution >= 0.6 is 23.2 Å². The second-order valence-electron chi connectivity index (χ2n) is 6.96. The van der Waals surface area contributed by atoms with Crippen molar-refractivity contribution in [1.29, 1.82) is 0 Å². The van der Waals surface area contributed by atoms with E-state index in [4.69, 9.17) is 28.9 Å². The Labute approximate surface area is 188 Å². The molecule has 2 amide bonds. The van der Waals surface area contributed by atoms with Gasteiger partial charge in [-0.1, -0.05) is 59.6 Å². The van der Waals surface area contributed by atoms with Crippen molar-refractivity contribution >= 4 is 51.7 Å². The number of aromatic nitrogens is 2. The number of para-hydroxylation sites is 3. The van der Waals surface area contributed by atoms with Crippen LogP contribution in [0, 0.1) is 0 Å². The summed E-state index contributed by atoms with van der Waals surface area (Å²) in [5.74, 6) is -0.214. The number of imidazole rings is 1. The van der Waals surface area contributed by atoms with Gasteiger partial charge < -0.3 is 15.6 Å². The van der Waals surface area contributed by atoms with Crippen molar-refractivity contribution in [2.75, 3.05) is 5.32 Å². The molecule has 0 bridgehead atoms. The lowest BCUT2D eigenvalue weighted by atomic mass is 10.1. The van der Waals surface area contributed by atoms with E-state index >= 15 is 0 Å². The fourth-order valence-electron chi connectivity index (χ4n) is 3.44. The zero-order chi connectivity index (χ0) is 22.0. The van der Waals surface area contributed by atoms with E-state index in [-0.39, 0.29) is 18.9 Å². The number of fused-ring (bicyclic) bond motifs is 1. The summed E-state index contributed by atoms with van der Waals surface area (Å²) in [4.78, 5) is 29.0. The van der Waals surface area contributed by atoms with Crippen molar-refractivity contribution in [3.63, 3.8) is 0 Å². The van der Waals surface area contributed by atoms with Gasteiger partial charge in [0.05, 0.1) is 27.5 Å². The molecule has 31 heavy (non-hydrogen) atoms. The largest absolute Gasteiger partial charge is 0.369 e. The molecule has 0 spiro atoms. The third-order valence-electron chi connectivity index (χ3n) is 4.80. The number of nitrogens with one attached hydrogen (secondary N) is 1. The number of nitrogens with zero attached hydrogens (tertiary/aromatic N) is 2. The summed E-state index contributed by atoms with van der Waals surface area (Å²) in [6.45, 7) is -0.0103. The first kappa shape index (κ1) is 20.9. The first-order valence-electron chi connectivity index (χ1n) is 9.49. The normalized spacial score (nSPS) is 10.9. The third-order valence-corrected chi connectivity index (χ3v) is 5.62. The molecule has 156 valence electrons. The van der Waals surface area contributed by atoms with Crippen molar-refractivity contribution in [1.82, 2.24) is 9.55 Å². The van der Waals surface area contributed by atoms with Crippen LogP contribution in [0.4, 0.5) is 5.69 Å². The Bertz CT molecular complexity index is 1300. The van der Waals surface area contributed by atoms with Crippen LogP contribution in [0.5, 0.6) is 0 Å². The van der Waals surface area contributed by atoms with E-state index in [0.29, 0.717) is 32.7 Å². The summed E-state index contributed by atoms with van der Waals surface area (Å²) in [5, 5.41) is 3.64.